The Morgan fingerprint density at radius 1 is 1.07 bits per heavy atom. The maximum Gasteiger partial charge on any atom is 0.269 e. The molecule has 1 aromatic rings. The average Bonchev–Trinajstić information content (AvgIpc) is 2.66. The van der Waals surface area contributed by atoms with Crippen LogP contribution < -0.4 is 4.90 Å². The highest BCUT2D eigenvalue weighted by atomic mass is 16.6. The monoisotopic (exact) mass is 374 g/mol. The Kier molecular flexibility index (Phi) is 5.99. The van der Waals surface area contributed by atoms with Gasteiger partial charge in [0.25, 0.3) is 5.69 Å². The van der Waals surface area contributed by atoms with Crippen LogP contribution in [0.2, 0.25) is 0 Å². The maximum atomic E-state index is 12.9. The molecule has 0 bridgehead atoms. The summed E-state index contributed by atoms with van der Waals surface area (Å²) in [6.45, 7) is 11.5. The minimum absolute atomic E-state index is 0.0958. The summed E-state index contributed by atoms with van der Waals surface area (Å²) >= 11 is 0. The second-order valence-corrected chi connectivity index (χ2v) is 8.16. The van der Waals surface area contributed by atoms with Gasteiger partial charge in [-0.15, -0.1) is 0 Å². The highest BCUT2D eigenvalue weighted by molar-refractivity contribution is 5.81. The SMILES string of the molecule is CC1CC(C)CN(C(=O)C(C)N2CCN(c3ccc([N+](=O)[O-])cc3)CC2)C1. The molecule has 0 N–H and O–H groups in total. The Balaban J connectivity index is 1.55. The van der Waals surface area contributed by atoms with Crippen LogP contribution in [-0.4, -0.2) is 65.9 Å². The molecule has 2 fully saturated rings. The molecular weight excluding hydrogens is 344 g/mol. The number of carbonyl (C=O) groups excluding carboxylic acids is 1. The molecule has 3 unspecified atom stereocenters. The number of benzene rings is 1. The van der Waals surface area contributed by atoms with Crippen LogP contribution in [0.3, 0.4) is 0 Å². The molecule has 1 aromatic carbocycles. The molecule has 0 radical (unpaired) electrons. The second-order valence-electron chi connectivity index (χ2n) is 8.16. The number of amides is 1. The van der Waals surface area contributed by atoms with Gasteiger partial charge >= 0.3 is 0 Å². The number of carbonyl (C=O) groups is 1. The molecule has 7 nitrogen and oxygen atoms in total. The van der Waals surface area contributed by atoms with Gasteiger partial charge in [-0.05, 0) is 37.3 Å². The smallest absolute Gasteiger partial charge is 0.269 e. The van der Waals surface area contributed by atoms with Gasteiger partial charge in [0.05, 0.1) is 11.0 Å². The zero-order chi connectivity index (χ0) is 19.6. The van der Waals surface area contributed by atoms with E-state index in [1.165, 1.54) is 6.42 Å². The fourth-order valence-electron chi connectivity index (χ4n) is 4.42. The summed E-state index contributed by atoms with van der Waals surface area (Å²) in [6.07, 6.45) is 1.20. The number of hydrogen-bond donors (Lipinski definition) is 0. The molecule has 2 aliphatic rings. The zero-order valence-corrected chi connectivity index (χ0v) is 16.5. The number of piperazine rings is 1. The number of hydrogen-bond acceptors (Lipinski definition) is 5. The number of nitro groups is 1. The molecule has 2 saturated heterocycles. The van der Waals surface area contributed by atoms with Gasteiger partial charge in [0.1, 0.15) is 0 Å². The Hall–Kier alpha value is -2.15. The standard InChI is InChI=1S/C20H30N4O3/c1-15-12-16(2)14-23(13-15)20(25)17(3)21-8-10-22(11-9-21)18-4-6-19(7-5-18)24(26)27/h4-7,15-17H,8-14H2,1-3H3. The van der Waals surface area contributed by atoms with Crippen LogP contribution in [0.1, 0.15) is 27.2 Å². The lowest BCUT2D eigenvalue weighted by molar-refractivity contribution is -0.384. The van der Waals surface area contributed by atoms with E-state index in [1.54, 1.807) is 24.3 Å². The van der Waals surface area contributed by atoms with Crippen LogP contribution in [-0.2, 0) is 4.79 Å². The van der Waals surface area contributed by atoms with Gasteiger partial charge in [-0.3, -0.25) is 19.8 Å². The molecule has 0 aliphatic carbocycles. The van der Waals surface area contributed by atoms with Crippen molar-refractivity contribution in [2.24, 2.45) is 11.8 Å². The first-order valence-corrected chi connectivity index (χ1v) is 9.87. The Labute approximate surface area is 161 Å². The Morgan fingerprint density at radius 3 is 2.15 bits per heavy atom. The molecule has 2 heterocycles. The van der Waals surface area contributed by atoms with E-state index in [4.69, 9.17) is 0 Å². The molecule has 3 atom stereocenters. The lowest BCUT2D eigenvalue weighted by atomic mass is 9.91. The number of likely N-dealkylation sites (tertiary alicyclic amines) is 1. The average molecular weight is 374 g/mol. The van der Waals surface area contributed by atoms with E-state index in [2.05, 4.69) is 23.6 Å². The third-order valence-electron chi connectivity index (χ3n) is 5.83. The van der Waals surface area contributed by atoms with Crippen LogP contribution >= 0.6 is 0 Å². The van der Waals surface area contributed by atoms with Crippen molar-refractivity contribution in [1.82, 2.24) is 9.80 Å². The molecule has 0 saturated carbocycles. The molecule has 0 spiro atoms. The van der Waals surface area contributed by atoms with Crippen molar-refractivity contribution < 1.29 is 9.72 Å². The molecule has 0 aromatic heterocycles. The Bertz CT molecular complexity index is 660. The van der Waals surface area contributed by atoms with Crippen LogP contribution in [0.15, 0.2) is 24.3 Å². The van der Waals surface area contributed by atoms with E-state index in [0.29, 0.717) is 11.8 Å². The highest BCUT2D eigenvalue weighted by Gasteiger charge is 2.32. The summed E-state index contributed by atoms with van der Waals surface area (Å²) < 4.78 is 0. The van der Waals surface area contributed by atoms with Gasteiger partial charge in [0.15, 0.2) is 0 Å². The van der Waals surface area contributed by atoms with Crippen LogP contribution in [0.25, 0.3) is 0 Å². The Morgan fingerprint density at radius 2 is 1.63 bits per heavy atom. The molecule has 7 heteroatoms. The minimum Gasteiger partial charge on any atom is -0.369 e. The third-order valence-corrected chi connectivity index (χ3v) is 5.83. The van der Waals surface area contributed by atoms with Crippen molar-refractivity contribution in [3.05, 3.63) is 34.4 Å². The first kappa shape index (κ1) is 19.6. The van der Waals surface area contributed by atoms with Crippen LogP contribution in [0.5, 0.6) is 0 Å². The van der Waals surface area contributed by atoms with Gasteiger partial charge in [-0.25, -0.2) is 0 Å². The molecule has 1 amide bonds. The summed E-state index contributed by atoms with van der Waals surface area (Å²) in [5.41, 5.74) is 1.11. The summed E-state index contributed by atoms with van der Waals surface area (Å²) in [7, 11) is 0. The van der Waals surface area contributed by atoms with Crippen LogP contribution in [0, 0.1) is 22.0 Å². The van der Waals surface area contributed by atoms with Crippen molar-refractivity contribution in [3.8, 4) is 0 Å². The number of rotatable bonds is 4. The van der Waals surface area contributed by atoms with Crippen molar-refractivity contribution >= 4 is 17.3 Å². The predicted molar refractivity (Wildman–Crippen MR) is 106 cm³/mol. The normalized spacial score (nSPS) is 25.3. The maximum absolute atomic E-state index is 12.9. The van der Waals surface area contributed by atoms with E-state index in [1.807, 2.05) is 11.8 Å². The second kappa shape index (κ2) is 8.25. The molecule has 27 heavy (non-hydrogen) atoms. The van der Waals surface area contributed by atoms with Crippen molar-refractivity contribution in [2.45, 2.75) is 33.2 Å². The number of non-ortho nitro benzene ring substituents is 1. The van der Waals surface area contributed by atoms with E-state index >= 15 is 0 Å². The first-order chi connectivity index (χ1) is 12.8. The molecular formula is C20H30N4O3. The third kappa shape index (κ3) is 4.58. The van der Waals surface area contributed by atoms with E-state index in [-0.39, 0.29) is 22.6 Å². The van der Waals surface area contributed by atoms with E-state index in [9.17, 15) is 14.9 Å². The van der Waals surface area contributed by atoms with Gasteiger partial charge in [0, 0.05) is 57.1 Å². The molecule has 3 rings (SSSR count). The summed E-state index contributed by atoms with van der Waals surface area (Å²) in [4.78, 5) is 29.9. The topological polar surface area (TPSA) is 69.9 Å². The summed E-state index contributed by atoms with van der Waals surface area (Å²) in [5.74, 6) is 1.39. The lowest BCUT2D eigenvalue weighted by Crippen LogP contribution is -2.56. The van der Waals surface area contributed by atoms with E-state index in [0.717, 1.165) is 45.0 Å². The largest absolute Gasteiger partial charge is 0.369 e. The number of anilines is 1. The number of piperidine rings is 1. The van der Waals surface area contributed by atoms with Gasteiger partial charge in [-0.1, -0.05) is 13.8 Å². The lowest BCUT2D eigenvalue weighted by Gasteiger charge is -2.42. The van der Waals surface area contributed by atoms with Gasteiger partial charge in [0.2, 0.25) is 5.91 Å². The van der Waals surface area contributed by atoms with Crippen LogP contribution in [0.4, 0.5) is 11.4 Å². The summed E-state index contributed by atoms with van der Waals surface area (Å²) in [6, 6.07) is 6.61. The molecule has 148 valence electrons. The quantitative estimate of drug-likeness (QED) is 0.598. The van der Waals surface area contributed by atoms with Gasteiger partial charge < -0.3 is 9.80 Å². The van der Waals surface area contributed by atoms with Crippen molar-refractivity contribution in [3.63, 3.8) is 0 Å². The summed E-state index contributed by atoms with van der Waals surface area (Å²) in [5, 5.41) is 10.8. The fourth-order valence-corrected chi connectivity index (χ4v) is 4.42. The first-order valence-electron chi connectivity index (χ1n) is 9.87. The minimum atomic E-state index is -0.378. The molecule has 2 aliphatic heterocycles. The zero-order valence-electron chi connectivity index (χ0n) is 16.5. The predicted octanol–water partition coefficient (Wildman–Crippen LogP) is 2.61. The van der Waals surface area contributed by atoms with E-state index < -0.39 is 0 Å². The number of nitrogens with zero attached hydrogens (tertiary/aromatic N) is 4. The number of nitro benzene ring substituents is 1. The highest BCUT2D eigenvalue weighted by Crippen LogP contribution is 2.24. The van der Waals surface area contributed by atoms with Gasteiger partial charge in [-0.2, -0.15) is 0 Å². The fraction of sp³-hybridized carbons (Fsp3) is 0.650. The van der Waals surface area contributed by atoms with Crippen molar-refractivity contribution in [1.29, 1.82) is 0 Å². The van der Waals surface area contributed by atoms with Crippen molar-refractivity contribution in [2.75, 3.05) is 44.2 Å².